The lowest BCUT2D eigenvalue weighted by atomic mass is 9.91. The number of hydrogen-bond donors (Lipinski definition) is 2. The summed E-state index contributed by atoms with van der Waals surface area (Å²) in [6.07, 6.45) is -2.32. The summed E-state index contributed by atoms with van der Waals surface area (Å²) < 4.78 is 47.4. The van der Waals surface area contributed by atoms with Crippen molar-refractivity contribution >= 4 is 23.8 Å². The summed E-state index contributed by atoms with van der Waals surface area (Å²) >= 11 is 0. The SMILES string of the molecule is CC(C)(C)OC(=O)N1C[C@@H](c2c(F)ccc(F)c2F)CC1C(=O)CC(C(=O)O)C(=O)O. The number of amides is 1. The average molecular weight is 445 g/mol. The van der Waals surface area contributed by atoms with E-state index < -0.39 is 83.3 Å². The molecule has 2 rings (SSSR count). The van der Waals surface area contributed by atoms with Crippen molar-refractivity contribution in [2.75, 3.05) is 6.54 Å². The van der Waals surface area contributed by atoms with Crippen LogP contribution in [0.4, 0.5) is 18.0 Å². The fraction of sp³-hybridized carbons (Fsp3) is 0.500. The van der Waals surface area contributed by atoms with Crippen LogP contribution in [0.3, 0.4) is 0 Å². The van der Waals surface area contributed by atoms with Gasteiger partial charge < -0.3 is 14.9 Å². The number of rotatable bonds is 6. The Kier molecular flexibility index (Phi) is 6.97. The largest absolute Gasteiger partial charge is 0.481 e. The van der Waals surface area contributed by atoms with Gasteiger partial charge in [-0.15, -0.1) is 0 Å². The van der Waals surface area contributed by atoms with Gasteiger partial charge in [-0.25, -0.2) is 18.0 Å². The lowest BCUT2D eigenvalue weighted by molar-refractivity contribution is -0.156. The van der Waals surface area contributed by atoms with E-state index in [1.165, 1.54) is 0 Å². The van der Waals surface area contributed by atoms with Gasteiger partial charge in [0, 0.05) is 24.4 Å². The van der Waals surface area contributed by atoms with Crippen molar-refractivity contribution in [2.45, 2.75) is 51.2 Å². The smallest absolute Gasteiger partial charge is 0.410 e. The Morgan fingerprint density at radius 3 is 2.16 bits per heavy atom. The van der Waals surface area contributed by atoms with Crippen LogP contribution in [0.25, 0.3) is 0 Å². The molecule has 0 radical (unpaired) electrons. The van der Waals surface area contributed by atoms with Crippen molar-refractivity contribution in [3.63, 3.8) is 0 Å². The van der Waals surface area contributed by atoms with Crippen LogP contribution in [0.5, 0.6) is 0 Å². The Balaban J connectivity index is 2.40. The molecule has 1 aliphatic heterocycles. The lowest BCUT2D eigenvalue weighted by Crippen LogP contribution is -2.44. The second-order valence-electron chi connectivity index (χ2n) is 8.24. The third kappa shape index (κ3) is 5.53. The van der Waals surface area contributed by atoms with E-state index in [0.717, 1.165) is 4.90 Å². The van der Waals surface area contributed by atoms with Crippen LogP contribution in [0.15, 0.2) is 12.1 Å². The standard InChI is InChI=1S/C20H22F3NO7/c1-20(2,3)31-19(30)24-8-9(15-11(21)4-5-12(22)16(15)23)6-13(24)14(25)7-10(17(26)27)18(28)29/h4-5,9-10,13H,6-8H2,1-3H3,(H,26,27)(H,28,29)/t9-,13?/m0/s1. The van der Waals surface area contributed by atoms with Gasteiger partial charge in [0.15, 0.2) is 23.3 Å². The quantitative estimate of drug-likeness (QED) is 0.510. The van der Waals surface area contributed by atoms with E-state index in [2.05, 4.69) is 0 Å². The second-order valence-corrected chi connectivity index (χ2v) is 8.24. The molecule has 11 heteroatoms. The third-order valence-corrected chi connectivity index (χ3v) is 4.79. The molecule has 1 aromatic rings. The molecule has 1 fully saturated rings. The first-order valence-electron chi connectivity index (χ1n) is 9.34. The maximum atomic E-state index is 14.3. The number of carbonyl (C=O) groups excluding carboxylic acids is 2. The number of halogens is 3. The number of Topliss-reactive ketones (excluding diaryl/α,β-unsaturated/α-hetero) is 1. The molecule has 0 aliphatic carbocycles. The molecular formula is C20H22F3NO7. The zero-order chi connectivity index (χ0) is 23.7. The number of carbonyl (C=O) groups is 4. The first-order chi connectivity index (χ1) is 14.2. The van der Waals surface area contributed by atoms with Crippen LogP contribution in [0, 0.1) is 23.4 Å². The zero-order valence-corrected chi connectivity index (χ0v) is 17.0. The Morgan fingerprint density at radius 2 is 1.65 bits per heavy atom. The van der Waals surface area contributed by atoms with Crippen LogP contribution in [-0.2, 0) is 19.1 Å². The van der Waals surface area contributed by atoms with Crippen LogP contribution >= 0.6 is 0 Å². The molecule has 170 valence electrons. The predicted molar refractivity (Wildman–Crippen MR) is 98.8 cm³/mol. The number of ether oxygens (including phenoxy) is 1. The molecule has 1 amide bonds. The van der Waals surface area contributed by atoms with Gasteiger partial charge in [0.1, 0.15) is 11.4 Å². The molecule has 2 atom stereocenters. The third-order valence-electron chi connectivity index (χ3n) is 4.79. The minimum Gasteiger partial charge on any atom is -0.481 e. The van der Waals surface area contributed by atoms with Crippen molar-refractivity contribution in [2.24, 2.45) is 5.92 Å². The van der Waals surface area contributed by atoms with Crippen molar-refractivity contribution in [1.29, 1.82) is 0 Å². The second kappa shape index (κ2) is 8.94. The molecule has 0 spiro atoms. The Morgan fingerprint density at radius 1 is 1.10 bits per heavy atom. The van der Waals surface area contributed by atoms with Gasteiger partial charge in [0.05, 0.1) is 6.04 Å². The number of nitrogens with zero attached hydrogens (tertiary/aromatic N) is 1. The Hall–Kier alpha value is -3.11. The fourth-order valence-corrected chi connectivity index (χ4v) is 3.41. The Bertz CT molecular complexity index is 899. The van der Waals surface area contributed by atoms with Gasteiger partial charge in [0.25, 0.3) is 0 Å². The summed E-state index contributed by atoms with van der Waals surface area (Å²) in [5.41, 5.74) is -1.64. The van der Waals surface area contributed by atoms with Gasteiger partial charge >= 0.3 is 18.0 Å². The first kappa shape index (κ1) is 24.2. The summed E-state index contributed by atoms with van der Waals surface area (Å²) in [5.74, 6) is -11.5. The molecular weight excluding hydrogens is 423 g/mol. The molecule has 1 aromatic carbocycles. The molecule has 0 aromatic heterocycles. The van der Waals surface area contributed by atoms with E-state index in [1.807, 2.05) is 0 Å². The average Bonchev–Trinajstić information content (AvgIpc) is 3.06. The van der Waals surface area contributed by atoms with E-state index in [-0.39, 0.29) is 6.42 Å². The predicted octanol–water partition coefficient (Wildman–Crippen LogP) is 2.94. The highest BCUT2D eigenvalue weighted by molar-refractivity contribution is 5.99. The molecule has 1 heterocycles. The van der Waals surface area contributed by atoms with E-state index >= 15 is 0 Å². The molecule has 8 nitrogen and oxygen atoms in total. The topological polar surface area (TPSA) is 121 Å². The number of likely N-dealkylation sites (tertiary alicyclic amines) is 1. The highest BCUT2D eigenvalue weighted by Gasteiger charge is 2.45. The molecule has 2 N–H and O–H groups in total. The van der Waals surface area contributed by atoms with E-state index in [1.54, 1.807) is 20.8 Å². The minimum absolute atomic E-state index is 0.360. The van der Waals surface area contributed by atoms with Crippen LogP contribution in [0.1, 0.15) is 45.1 Å². The molecule has 0 bridgehead atoms. The van der Waals surface area contributed by atoms with Crippen LogP contribution in [-0.4, -0.2) is 57.1 Å². The van der Waals surface area contributed by atoms with Crippen molar-refractivity contribution in [3.8, 4) is 0 Å². The first-order valence-corrected chi connectivity index (χ1v) is 9.34. The van der Waals surface area contributed by atoms with E-state index in [0.29, 0.717) is 12.1 Å². The van der Waals surface area contributed by atoms with Gasteiger partial charge in [-0.1, -0.05) is 0 Å². The lowest BCUT2D eigenvalue weighted by Gasteiger charge is -2.28. The van der Waals surface area contributed by atoms with Gasteiger partial charge in [-0.3, -0.25) is 19.3 Å². The summed E-state index contributed by atoms with van der Waals surface area (Å²) in [5, 5.41) is 18.0. The molecule has 31 heavy (non-hydrogen) atoms. The highest BCUT2D eigenvalue weighted by atomic mass is 19.2. The van der Waals surface area contributed by atoms with Crippen LogP contribution in [0.2, 0.25) is 0 Å². The number of carboxylic acid groups (broad SMARTS) is 2. The maximum absolute atomic E-state index is 14.3. The normalized spacial score (nSPS) is 18.9. The van der Waals surface area contributed by atoms with Gasteiger partial charge in [-0.2, -0.15) is 0 Å². The molecule has 1 saturated heterocycles. The minimum atomic E-state index is -2.06. The van der Waals surface area contributed by atoms with E-state index in [4.69, 9.17) is 14.9 Å². The Labute approximate surface area is 175 Å². The van der Waals surface area contributed by atoms with Gasteiger partial charge in [-0.05, 0) is 39.3 Å². The summed E-state index contributed by atoms with van der Waals surface area (Å²) in [6, 6.07) is -0.0871. The number of hydrogen-bond acceptors (Lipinski definition) is 5. The van der Waals surface area contributed by atoms with Crippen LogP contribution < -0.4 is 0 Å². The summed E-state index contributed by atoms with van der Waals surface area (Å²) in [6.45, 7) is 4.23. The van der Waals surface area contributed by atoms with Crippen molar-refractivity contribution < 1.29 is 47.3 Å². The molecule has 1 aliphatic rings. The fourth-order valence-electron chi connectivity index (χ4n) is 3.41. The van der Waals surface area contributed by atoms with Crippen molar-refractivity contribution in [3.05, 3.63) is 35.1 Å². The number of carboxylic acids is 2. The van der Waals surface area contributed by atoms with Gasteiger partial charge in [0.2, 0.25) is 0 Å². The number of benzene rings is 1. The molecule has 1 unspecified atom stereocenters. The van der Waals surface area contributed by atoms with Crippen molar-refractivity contribution in [1.82, 2.24) is 4.90 Å². The zero-order valence-electron chi connectivity index (χ0n) is 17.0. The highest BCUT2D eigenvalue weighted by Crippen LogP contribution is 2.37. The van der Waals surface area contributed by atoms with E-state index in [9.17, 15) is 32.3 Å². The number of ketones is 1. The summed E-state index contributed by atoms with van der Waals surface area (Å²) in [4.78, 5) is 48.4. The maximum Gasteiger partial charge on any atom is 0.410 e. The monoisotopic (exact) mass is 445 g/mol. The summed E-state index contributed by atoms with van der Waals surface area (Å²) in [7, 11) is 0. The molecule has 0 saturated carbocycles. The number of aliphatic carboxylic acids is 2.